The summed E-state index contributed by atoms with van der Waals surface area (Å²) >= 11 is 0. The van der Waals surface area contributed by atoms with Crippen LogP contribution in [0.1, 0.15) is 36.5 Å². The van der Waals surface area contributed by atoms with Gasteiger partial charge in [-0.15, -0.1) is 0 Å². The molecule has 29 heavy (non-hydrogen) atoms. The van der Waals surface area contributed by atoms with Gasteiger partial charge in [-0.3, -0.25) is 0 Å². The number of rotatable bonds is 6. The molecule has 2 aromatic carbocycles. The smallest absolute Gasteiger partial charge is 0.321 e. The van der Waals surface area contributed by atoms with Crippen LogP contribution in [-0.4, -0.2) is 36.5 Å². The van der Waals surface area contributed by atoms with Crippen LogP contribution < -0.4 is 16.0 Å². The number of hydrogen-bond donors (Lipinski definition) is 3. The fraction of sp³-hybridized carbons (Fsp3) is 0.391. The maximum atomic E-state index is 12.3. The highest BCUT2D eigenvalue weighted by Gasteiger charge is 2.17. The summed E-state index contributed by atoms with van der Waals surface area (Å²) in [5.74, 6) is 0.780. The summed E-state index contributed by atoms with van der Waals surface area (Å²) in [5.41, 5.74) is 4.38. The molecule has 0 saturated carbocycles. The topological polar surface area (TPSA) is 68.8 Å². The van der Waals surface area contributed by atoms with Crippen molar-refractivity contribution in [3.05, 3.63) is 65.2 Å². The summed E-state index contributed by atoms with van der Waals surface area (Å²) in [4.78, 5) is 18.9. The number of likely N-dealkylation sites (tertiary alicyclic amines) is 1. The largest absolute Gasteiger partial charge is 0.357 e. The summed E-state index contributed by atoms with van der Waals surface area (Å²) in [6.45, 7) is 7.91. The number of hydrogen-bond acceptors (Lipinski definition) is 2. The Balaban J connectivity index is 1.59. The first-order chi connectivity index (χ1) is 14.2. The van der Waals surface area contributed by atoms with Crippen molar-refractivity contribution in [3.63, 3.8) is 0 Å². The molecule has 2 amide bonds. The number of benzene rings is 2. The number of aryl methyl sites for hydroxylation is 1. The molecular formula is C23H31N5O. The van der Waals surface area contributed by atoms with Crippen molar-refractivity contribution >= 4 is 17.7 Å². The Bertz CT molecular complexity index is 843. The monoisotopic (exact) mass is 393 g/mol. The van der Waals surface area contributed by atoms with Gasteiger partial charge in [0, 0.05) is 31.9 Å². The molecule has 0 radical (unpaired) electrons. The molecule has 1 aliphatic heterocycles. The van der Waals surface area contributed by atoms with Crippen molar-refractivity contribution in [2.75, 3.05) is 25.0 Å². The summed E-state index contributed by atoms with van der Waals surface area (Å²) in [5, 5.41) is 9.68. The number of aliphatic imine (C=N–C) groups is 1. The molecule has 6 nitrogen and oxygen atoms in total. The number of amides is 2. The number of guanidine groups is 1. The van der Waals surface area contributed by atoms with Gasteiger partial charge in [0.15, 0.2) is 5.96 Å². The SMILES string of the molecule is CCNC(=NCc1cccc(NC(=O)N2CCCC2)c1)NCc1ccccc1C. The Morgan fingerprint density at radius 2 is 1.86 bits per heavy atom. The van der Waals surface area contributed by atoms with Gasteiger partial charge >= 0.3 is 6.03 Å². The van der Waals surface area contributed by atoms with Gasteiger partial charge in [0.1, 0.15) is 0 Å². The lowest BCUT2D eigenvalue weighted by Crippen LogP contribution is -2.36. The third-order valence-corrected chi connectivity index (χ3v) is 5.04. The van der Waals surface area contributed by atoms with Crippen LogP contribution in [0.5, 0.6) is 0 Å². The van der Waals surface area contributed by atoms with E-state index in [0.29, 0.717) is 6.54 Å². The standard InChI is InChI=1S/C23H31N5O/c1-3-24-22(26-17-20-11-5-4-9-18(20)2)25-16-19-10-8-12-21(15-19)27-23(29)28-13-6-7-14-28/h4-5,8-12,15H,3,6-7,13-14,16-17H2,1-2H3,(H,27,29)(H2,24,25,26). The van der Waals surface area contributed by atoms with Crippen molar-refractivity contribution in [1.29, 1.82) is 0 Å². The van der Waals surface area contributed by atoms with Crippen molar-refractivity contribution in [2.24, 2.45) is 4.99 Å². The van der Waals surface area contributed by atoms with Gasteiger partial charge in [-0.05, 0) is 55.5 Å². The summed E-state index contributed by atoms with van der Waals surface area (Å²) in [6, 6.07) is 16.2. The fourth-order valence-corrected chi connectivity index (χ4v) is 3.37. The minimum atomic E-state index is -0.0172. The highest BCUT2D eigenvalue weighted by molar-refractivity contribution is 5.89. The van der Waals surface area contributed by atoms with Gasteiger partial charge in [-0.25, -0.2) is 9.79 Å². The number of nitrogens with zero attached hydrogens (tertiary/aromatic N) is 2. The molecule has 3 N–H and O–H groups in total. The van der Waals surface area contributed by atoms with E-state index in [2.05, 4.69) is 48.0 Å². The first kappa shape index (κ1) is 20.7. The molecule has 0 atom stereocenters. The molecule has 6 heteroatoms. The van der Waals surface area contributed by atoms with E-state index in [0.717, 1.165) is 56.2 Å². The Hall–Kier alpha value is -3.02. The van der Waals surface area contributed by atoms with Crippen LogP contribution in [0.3, 0.4) is 0 Å². The number of anilines is 1. The van der Waals surface area contributed by atoms with Crippen molar-refractivity contribution in [3.8, 4) is 0 Å². The Morgan fingerprint density at radius 3 is 2.62 bits per heavy atom. The third kappa shape index (κ3) is 6.24. The molecular weight excluding hydrogens is 362 g/mol. The van der Waals surface area contributed by atoms with E-state index in [-0.39, 0.29) is 6.03 Å². The normalized spacial score (nSPS) is 14.0. The van der Waals surface area contributed by atoms with Crippen molar-refractivity contribution < 1.29 is 4.79 Å². The summed E-state index contributed by atoms with van der Waals surface area (Å²) in [7, 11) is 0. The summed E-state index contributed by atoms with van der Waals surface area (Å²) in [6.07, 6.45) is 2.18. The van der Waals surface area contributed by atoms with Crippen LogP contribution >= 0.6 is 0 Å². The molecule has 0 aliphatic carbocycles. The van der Waals surface area contributed by atoms with Gasteiger partial charge < -0.3 is 20.9 Å². The Morgan fingerprint density at radius 1 is 1.07 bits per heavy atom. The van der Waals surface area contributed by atoms with Crippen LogP contribution in [0, 0.1) is 6.92 Å². The van der Waals surface area contributed by atoms with Gasteiger partial charge in [0.2, 0.25) is 0 Å². The van der Waals surface area contributed by atoms with Gasteiger partial charge in [0.25, 0.3) is 0 Å². The lowest BCUT2D eigenvalue weighted by atomic mass is 10.1. The second-order valence-electron chi connectivity index (χ2n) is 7.30. The van der Waals surface area contributed by atoms with E-state index < -0.39 is 0 Å². The Kier molecular flexibility index (Phi) is 7.50. The van der Waals surface area contributed by atoms with Crippen LogP contribution in [0.2, 0.25) is 0 Å². The van der Waals surface area contributed by atoms with Crippen LogP contribution in [-0.2, 0) is 13.1 Å². The second-order valence-corrected chi connectivity index (χ2v) is 7.30. The van der Waals surface area contributed by atoms with E-state index in [1.165, 1.54) is 11.1 Å². The first-order valence-corrected chi connectivity index (χ1v) is 10.4. The lowest BCUT2D eigenvalue weighted by molar-refractivity contribution is 0.222. The molecule has 154 valence electrons. The first-order valence-electron chi connectivity index (χ1n) is 10.4. The molecule has 1 heterocycles. The maximum absolute atomic E-state index is 12.3. The zero-order valence-corrected chi connectivity index (χ0v) is 17.4. The molecule has 1 saturated heterocycles. The molecule has 2 aromatic rings. The van der Waals surface area contributed by atoms with E-state index in [4.69, 9.17) is 4.99 Å². The van der Waals surface area contributed by atoms with Gasteiger partial charge in [-0.1, -0.05) is 36.4 Å². The van der Waals surface area contributed by atoms with Crippen molar-refractivity contribution in [1.82, 2.24) is 15.5 Å². The van der Waals surface area contributed by atoms with Crippen molar-refractivity contribution in [2.45, 2.75) is 39.8 Å². The minimum absolute atomic E-state index is 0.0172. The predicted molar refractivity (Wildman–Crippen MR) is 119 cm³/mol. The number of carbonyl (C=O) groups is 1. The molecule has 3 rings (SSSR count). The second kappa shape index (κ2) is 10.5. The Labute approximate surface area is 173 Å². The summed E-state index contributed by atoms with van der Waals surface area (Å²) < 4.78 is 0. The van der Waals surface area contributed by atoms with Crippen LogP contribution in [0.25, 0.3) is 0 Å². The van der Waals surface area contributed by atoms with E-state index >= 15 is 0 Å². The minimum Gasteiger partial charge on any atom is -0.357 e. The molecule has 1 fully saturated rings. The average Bonchev–Trinajstić information content (AvgIpc) is 3.26. The third-order valence-electron chi connectivity index (χ3n) is 5.04. The predicted octanol–water partition coefficient (Wildman–Crippen LogP) is 3.88. The molecule has 1 aliphatic rings. The van der Waals surface area contributed by atoms with Crippen LogP contribution in [0.4, 0.5) is 10.5 Å². The maximum Gasteiger partial charge on any atom is 0.321 e. The van der Waals surface area contributed by atoms with E-state index in [1.807, 2.05) is 35.2 Å². The number of nitrogens with one attached hydrogen (secondary N) is 3. The molecule has 0 unspecified atom stereocenters. The molecule has 0 aromatic heterocycles. The highest BCUT2D eigenvalue weighted by Crippen LogP contribution is 2.15. The van der Waals surface area contributed by atoms with Gasteiger partial charge in [0.05, 0.1) is 6.54 Å². The zero-order valence-electron chi connectivity index (χ0n) is 17.4. The fourth-order valence-electron chi connectivity index (χ4n) is 3.37. The van der Waals surface area contributed by atoms with Crippen LogP contribution in [0.15, 0.2) is 53.5 Å². The highest BCUT2D eigenvalue weighted by atomic mass is 16.2. The quantitative estimate of drug-likeness (QED) is 0.515. The zero-order chi connectivity index (χ0) is 20.5. The molecule has 0 spiro atoms. The number of urea groups is 1. The van der Waals surface area contributed by atoms with E-state index in [9.17, 15) is 4.79 Å². The van der Waals surface area contributed by atoms with Gasteiger partial charge in [-0.2, -0.15) is 0 Å². The average molecular weight is 394 g/mol. The lowest BCUT2D eigenvalue weighted by Gasteiger charge is -2.16. The van der Waals surface area contributed by atoms with E-state index in [1.54, 1.807) is 0 Å². The number of carbonyl (C=O) groups excluding carboxylic acids is 1. The molecule has 0 bridgehead atoms.